The van der Waals surface area contributed by atoms with Crippen molar-refractivity contribution >= 4 is 28.1 Å². The third-order valence-electron chi connectivity index (χ3n) is 4.44. The van der Waals surface area contributed by atoms with Crippen LogP contribution in [0, 0.1) is 0 Å². The maximum absolute atomic E-state index is 12.7. The maximum atomic E-state index is 12.7. The molecule has 8 heteroatoms. The highest BCUT2D eigenvalue weighted by Crippen LogP contribution is 2.27. The second-order valence-electron chi connectivity index (χ2n) is 6.50. The Morgan fingerprint density at radius 3 is 2.54 bits per heavy atom. The van der Waals surface area contributed by atoms with E-state index in [1.165, 1.54) is 4.90 Å². The molecule has 0 radical (unpaired) electrons. The Morgan fingerprint density at radius 2 is 1.96 bits per heavy atom. The van der Waals surface area contributed by atoms with Crippen molar-refractivity contribution in [3.8, 4) is 5.75 Å². The number of rotatable bonds is 4. The zero-order chi connectivity index (χ0) is 19.3. The Hall–Kier alpha value is -1.96. The molecule has 0 atom stereocenters. The number of phenols is 1. The Morgan fingerprint density at radius 1 is 1.31 bits per heavy atom. The highest BCUT2D eigenvalue weighted by atomic mass is 79.9. The van der Waals surface area contributed by atoms with Gasteiger partial charge in [-0.1, -0.05) is 15.9 Å². The number of ether oxygens (including phenoxy) is 1. The zero-order valence-corrected chi connectivity index (χ0v) is 17.0. The van der Waals surface area contributed by atoms with Gasteiger partial charge in [0.15, 0.2) is 0 Å². The molecule has 0 aromatic heterocycles. The van der Waals surface area contributed by atoms with Crippen molar-refractivity contribution in [3.63, 3.8) is 0 Å². The van der Waals surface area contributed by atoms with E-state index in [4.69, 9.17) is 4.74 Å². The van der Waals surface area contributed by atoms with Crippen LogP contribution in [0.25, 0.3) is 0 Å². The van der Waals surface area contributed by atoms with Crippen molar-refractivity contribution in [1.29, 1.82) is 0 Å². The van der Waals surface area contributed by atoms with Gasteiger partial charge in [0, 0.05) is 43.3 Å². The third kappa shape index (κ3) is 5.03. The van der Waals surface area contributed by atoms with E-state index in [9.17, 15) is 14.7 Å². The van der Waals surface area contributed by atoms with Crippen LogP contribution in [0.1, 0.15) is 25.3 Å². The van der Waals surface area contributed by atoms with Crippen LogP contribution in [-0.4, -0.2) is 71.8 Å². The molecule has 144 valence electrons. The van der Waals surface area contributed by atoms with E-state index in [1.54, 1.807) is 43.0 Å². The molecule has 3 amide bonds. The van der Waals surface area contributed by atoms with E-state index >= 15 is 0 Å². The first kappa shape index (κ1) is 20.4. The summed E-state index contributed by atoms with van der Waals surface area (Å²) in [6.45, 7) is 3.54. The Kier molecular flexibility index (Phi) is 7.14. The number of phenolic OH excluding ortho intramolecular Hbond substituents is 1. The molecule has 0 unspecified atom stereocenters. The molecule has 1 aromatic carbocycles. The molecular formula is C18H26BrN3O4. The predicted molar refractivity (Wildman–Crippen MR) is 102 cm³/mol. The molecule has 1 aliphatic heterocycles. The minimum absolute atomic E-state index is 0.00559. The van der Waals surface area contributed by atoms with Gasteiger partial charge in [-0.25, -0.2) is 9.59 Å². The fraction of sp³-hybridized carbons (Fsp3) is 0.556. The number of piperidine rings is 1. The van der Waals surface area contributed by atoms with E-state index in [1.807, 2.05) is 6.07 Å². The minimum atomic E-state index is -0.305. The molecule has 0 bridgehead atoms. The van der Waals surface area contributed by atoms with Gasteiger partial charge in [0.2, 0.25) is 0 Å². The number of likely N-dealkylation sites (tertiary alicyclic amines) is 1. The number of hydrogen-bond donors (Lipinski definition) is 1. The van der Waals surface area contributed by atoms with Crippen molar-refractivity contribution in [1.82, 2.24) is 14.7 Å². The summed E-state index contributed by atoms with van der Waals surface area (Å²) in [6, 6.07) is 5.07. The van der Waals surface area contributed by atoms with Gasteiger partial charge in [-0.2, -0.15) is 0 Å². The summed E-state index contributed by atoms with van der Waals surface area (Å²) in [5.74, 6) is 0.161. The van der Waals surface area contributed by atoms with Gasteiger partial charge in [0.05, 0.1) is 13.2 Å². The van der Waals surface area contributed by atoms with E-state index in [0.29, 0.717) is 44.6 Å². The molecule has 1 heterocycles. The predicted octanol–water partition coefficient (Wildman–Crippen LogP) is 3.26. The van der Waals surface area contributed by atoms with Crippen molar-refractivity contribution < 1.29 is 19.4 Å². The molecular weight excluding hydrogens is 402 g/mol. The quantitative estimate of drug-likeness (QED) is 0.799. The lowest BCUT2D eigenvalue weighted by Gasteiger charge is -2.39. The molecule has 1 fully saturated rings. The standard InChI is InChI=1S/C18H26BrN3O4/c1-4-26-18(25)21-9-7-15(8-10-21)22(17(24)20(2)3)12-13-11-14(19)5-6-16(13)23/h5-6,11,15,23H,4,7-10,12H2,1-3H3. The molecule has 0 saturated carbocycles. The first-order valence-electron chi connectivity index (χ1n) is 8.70. The van der Waals surface area contributed by atoms with E-state index in [2.05, 4.69) is 15.9 Å². The van der Waals surface area contributed by atoms with Crippen molar-refractivity contribution in [2.75, 3.05) is 33.8 Å². The highest BCUT2D eigenvalue weighted by molar-refractivity contribution is 9.10. The average molecular weight is 428 g/mol. The van der Waals surface area contributed by atoms with Gasteiger partial charge in [-0.15, -0.1) is 0 Å². The number of carbonyl (C=O) groups is 2. The first-order valence-corrected chi connectivity index (χ1v) is 9.49. The lowest BCUT2D eigenvalue weighted by atomic mass is 10.0. The summed E-state index contributed by atoms with van der Waals surface area (Å²) < 4.78 is 5.89. The Bertz CT molecular complexity index is 645. The zero-order valence-electron chi connectivity index (χ0n) is 15.4. The molecule has 2 rings (SSSR count). The summed E-state index contributed by atoms with van der Waals surface area (Å²) in [6.07, 6.45) is 1.04. The Labute approximate surface area is 162 Å². The van der Waals surface area contributed by atoms with Crippen LogP contribution in [0.4, 0.5) is 9.59 Å². The van der Waals surface area contributed by atoms with Crippen LogP contribution >= 0.6 is 15.9 Å². The van der Waals surface area contributed by atoms with Crippen LogP contribution in [0.15, 0.2) is 22.7 Å². The van der Waals surface area contributed by atoms with Crippen LogP contribution in [0.5, 0.6) is 5.75 Å². The normalized spacial score (nSPS) is 14.8. The van der Waals surface area contributed by atoms with Crippen LogP contribution in [0.2, 0.25) is 0 Å². The summed E-state index contributed by atoms with van der Waals surface area (Å²) >= 11 is 3.40. The Balaban J connectivity index is 2.12. The smallest absolute Gasteiger partial charge is 0.409 e. The van der Waals surface area contributed by atoms with Gasteiger partial charge < -0.3 is 24.5 Å². The monoisotopic (exact) mass is 427 g/mol. The fourth-order valence-corrected chi connectivity index (χ4v) is 3.46. The molecule has 7 nitrogen and oxygen atoms in total. The SMILES string of the molecule is CCOC(=O)N1CCC(N(Cc2cc(Br)ccc2O)C(=O)N(C)C)CC1. The molecule has 26 heavy (non-hydrogen) atoms. The van der Waals surface area contributed by atoms with Crippen molar-refractivity contribution in [3.05, 3.63) is 28.2 Å². The number of halogens is 1. The number of amides is 3. The fourth-order valence-electron chi connectivity index (χ4n) is 3.05. The van der Waals surface area contributed by atoms with Gasteiger partial charge >= 0.3 is 12.1 Å². The van der Waals surface area contributed by atoms with E-state index < -0.39 is 0 Å². The van der Waals surface area contributed by atoms with Gasteiger partial charge in [0.1, 0.15) is 5.75 Å². The molecule has 1 aromatic rings. The average Bonchev–Trinajstić information content (AvgIpc) is 2.62. The number of hydrogen-bond acceptors (Lipinski definition) is 4. The number of aromatic hydroxyl groups is 1. The lowest BCUT2D eigenvalue weighted by Crippen LogP contribution is -2.51. The van der Waals surface area contributed by atoms with Crippen LogP contribution < -0.4 is 0 Å². The van der Waals surface area contributed by atoms with Crippen LogP contribution in [-0.2, 0) is 11.3 Å². The largest absolute Gasteiger partial charge is 0.508 e. The number of benzene rings is 1. The third-order valence-corrected chi connectivity index (χ3v) is 4.94. The second-order valence-corrected chi connectivity index (χ2v) is 7.41. The van der Waals surface area contributed by atoms with Crippen molar-refractivity contribution in [2.45, 2.75) is 32.4 Å². The van der Waals surface area contributed by atoms with Gasteiger partial charge in [-0.05, 0) is 38.0 Å². The van der Waals surface area contributed by atoms with E-state index in [-0.39, 0.29) is 23.9 Å². The topological polar surface area (TPSA) is 73.3 Å². The van der Waals surface area contributed by atoms with Gasteiger partial charge in [0.25, 0.3) is 0 Å². The lowest BCUT2D eigenvalue weighted by molar-refractivity contribution is 0.0758. The molecule has 1 saturated heterocycles. The molecule has 0 aliphatic carbocycles. The number of nitrogens with zero attached hydrogens (tertiary/aromatic N) is 3. The minimum Gasteiger partial charge on any atom is -0.508 e. The molecule has 1 aliphatic rings. The summed E-state index contributed by atoms with van der Waals surface area (Å²) in [5.41, 5.74) is 0.683. The van der Waals surface area contributed by atoms with Gasteiger partial charge in [-0.3, -0.25) is 0 Å². The first-order chi connectivity index (χ1) is 12.3. The number of carbonyl (C=O) groups excluding carboxylic acids is 2. The molecule has 1 N–H and O–H groups in total. The summed E-state index contributed by atoms with van der Waals surface area (Å²) in [5, 5.41) is 10.1. The maximum Gasteiger partial charge on any atom is 0.409 e. The second kappa shape index (κ2) is 9.12. The highest BCUT2D eigenvalue weighted by Gasteiger charge is 2.31. The summed E-state index contributed by atoms with van der Waals surface area (Å²) in [7, 11) is 3.42. The van der Waals surface area contributed by atoms with Crippen LogP contribution in [0.3, 0.4) is 0 Å². The molecule has 0 spiro atoms. The summed E-state index contributed by atoms with van der Waals surface area (Å²) in [4.78, 5) is 29.6. The number of urea groups is 1. The van der Waals surface area contributed by atoms with Crippen molar-refractivity contribution in [2.24, 2.45) is 0 Å². The van der Waals surface area contributed by atoms with E-state index in [0.717, 1.165) is 4.47 Å².